The van der Waals surface area contributed by atoms with Gasteiger partial charge in [0.25, 0.3) is 0 Å². The van der Waals surface area contributed by atoms with Crippen molar-refractivity contribution in [2.24, 2.45) is 5.11 Å². The van der Waals surface area contributed by atoms with E-state index in [1.807, 2.05) is 0 Å². The van der Waals surface area contributed by atoms with Crippen LogP contribution in [0.1, 0.15) is 25.7 Å². The Morgan fingerprint density at radius 2 is 2.42 bits per heavy atom. The molecule has 0 amide bonds. The first-order valence-electron chi connectivity index (χ1n) is 4.08. The molecule has 1 aliphatic rings. The number of carbonyl (C=O) groups excluding carboxylic acids is 1. The van der Waals surface area contributed by atoms with Crippen LogP contribution in [0.4, 0.5) is 0 Å². The molecule has 0 radical (unpaired) electrons. The lowest BCUT2D eigenvalue weighted by Gasteiger charge is -2.07. The molecule has 0 aromatic heterocycles. The van der Waals surface area contributed by atoms with Crippen LogP contribution >= 0.6 is 0 Å². The van der Waals surface area contributed by atoms with Crippen LogP contribution in [-0.4, -0.2) is 11.8 Å². The average molecular weight is 165 g/mol. The Morgan fingerprint density at radius 1 is 1.58 bits per heavy atom. The van der Waals surface area contributed by atoms with Gasteiger partial charge in [0.1, 0.15) is 0 Å². The molecule has 0 saturated carbocycles. The maximum absolute atomic E-state index is 11.0. The lowest BCUT2D eigenvalue weighted by molar-refractivity contribution is -0.114. The van der Waals surface area contributed by atoms with Gasteiger partial charge in [-0.3, -0.25) is 4.79 Å². The van der Waals surface area contributed by atoms with Crippen molar-refractivity contribution < 1.29 is 4.79 Å². The Bertz CT molecular complexity index is 241. The van der Waals surface area contributed by atoms with Crippen LogP contribution < -0.4 is 0 Å². The van der Waals surface area contributed by atoms with Gasteiger partial charge < -0.3 is 0 Å². The second kappa shape index (κ2) is 4.57. The largest absolute Gasteiger partial charge is 0.295 e. The minimum atomic E-state index is -0.126. The number of carbonyl (C=O) groups is 1. The number of azide groups is 1. The quantitative estimate of drug-likeness (QED) is 0.334. The van der Waals surface area contributed by atoms with E-state index in [-0.39, 0.29) is 11.8 Å². The van der Waals surface area contributed by atoms with E-state index in [1.54, 1.807) is 6.08 Å². The molecule has 0 bridgehead atoms. The van der Waals surface area contributed by atoms with Crippen molar-refractivity contribution in [1.29, 1.82) is 0 Å². The maximum Gasteiger partial charge on any atom is 0.155 e. The van der Waals surface area contributed by atoms with Crippen LogP contribution in [0.25, 0.3) is 10.4 Å². The first-order valence-corrected chi connectivity index (χ1v) is 4.08. The zero-order valence-corrected chi connectivity index (χ0v) is 6.81. The number of hydrogen-bond acceptors (Lipinski definition) is 2. The molecule has 0 fully saturated rings. The monoisotopic (exact) mass is 165 g/mol. The fourth-order valence-corrected chi connectivity index (χ4v) is 1.21. The van der Waals surface area contributed by atoms with Crippen LogP contribution in [0.5, 0.6) is 0 Å². The predicted molar refractivity (Wildman–Crippen MR) is 45.5 cm³/mol. The number of nitrogens with zero attached hydrogens (tertiary/aromatic N) is 3. The van der Waals surface area contributed by atoms with Crippen molar-refractivity contribution in [3.8, 4) is 0 Å². The Hall–Kier alpha value is -1.28. The number of rotatable bonds is 1. The number of ketones is 1. The lowest BCUT2D eigenvalue weighted by atomic mass is 10.0. The molecule has 4 nitrogen and oxygen atoms in total. The zero-order chi connectivity index (χ0) is 8.81. The fourth-order valence-electron chi connectivity index (χ4n) is 1.21. The van der Waals surface area contributed by atoms with E-state index >= 15 is 0 Å². The van der Waals surface area contributed by atoms with Crippen LogP contribution in [0.3, 0.4) is 0 Å². The van der Waals surface area contributed by atoms with E-state index in [2.05, 4.69) is 10.0 Å². The van der Waals surface area contributed by atoms with Gasteiger partial charge >= 0.3 is 0 Å². The summed E-state index contributed by atoms with van der Waals surface area (Å²) in [4.78, 5) is 13.7. The van der Waals surface area contributed by atoms with Crippen molar-refractivity contribution >= 4 is 5.78 Å². The summed E-state index contributed by atoms with van der Waals surface area (Å²) in [6.07, 6.45) is 6.56. The first kappa shape index (κ1) is 8.81. The number of hydrogen-bond donors (Lipinski definition) is 0. The summed E-state index contributed by atoms with van der Waals surface area (Å²) in [7, 11) is 0. The third kappa shape index (κ3) is 2.76. The molecule has 4 heteroatoms. The van der Waals surface area contributed by atoms with Gasteiger partial charge in [0, 0.05) is 11.3 Å². The SMILES string of the molecule is [N-]=[N+]=NC1/C=C\C(=O)CCCC1. The molecule has 1 aliphatic carbocycles. The van der Waals surface area contributed by atoms with Crippen molar-refractivity contribution in [1.82, 2.24) is 0 Å². The number of allylic oxidation sites excluding steroid dienone is 1. The van der Waals surface area contributed by atoms with E-state index in [4.69, 9.17) is 5.53 Å². The second-order valence-corrected chi connectivity index (χ2v) is 2.84. The first-order chi connectivity index (χ1) is 5.83. The molecule has 0 aromatic rings. The summed E-state index contributed by atoms with van der Waals surface area (Å²) in [6, 6.07) is -0.126. The molecule has 0 aromatic carbocycles. The normalized spacial score (nSPS) is 26.7. The van der Waals surface area contributed by atoms with Crippen molar-refractivity contribution in [3.05, 3.63) is 22.6 Å². The lowest BCUT2D eigenvalue weighted by Crippen LogP contribution is -2.05. The van der Waals surface area contributed by atoms with Gasteiger partial charge in [0.05, 0.1) is 6.04 Å². The van der Waals surface area contributed by atoms with Crippen molar-refractivity contribution in [2.75, 3.05) is 0 Å². The van der Waals surface area contributed by atoms with Crippen molar-refractivity contribution in [3.63, 3.8) is 0 Å². The topological polar surface area (TPSA) is 65.8 Å². The molecule has 0 spiro atoms. The Labute approximate surface area is 70.9 Å². The van der Waals surface area contributed by atoms with Gasteiger partial charge in [-0.15, -0.1) is 0 Å². The molecule has 0 aliphatic heterocycles. The van der Waals surface area contributed by atoms with E-state index in [0.717, 1.165) is 19.3 Å². The Balaban J connectivity index is 2.62. The molecule has 12 heavy (non-hydrogen) atoms. The van der Waals surface area contributed by atoms with Gasteiger partial charge in [-0.05, 0) is 24.4 Å². The molecule has 1 rings (SSSR count). The van der Waals surface area contributed by atoms with E-state index in [1.165, 1.54) is 6.08 Å². The van der Waals surface area contributed by atoms with E-state index < -0.39 is 0 Å². The smallest absolute Gasteiger partial charge is 0.155 e. The summed E-state index contributed by atoms with van der Waals surface area (Å²) in [5.74, 6) is 0.132. The molecule has 1 atom stereocenters. The highest BCUT2D eigenvalue weighted by Gasteiger charge is 2.07. The third-order valence-corrected chi connectivity index (χ3v) is 1.88. The molecule has 0 heterocycles. The summed E-state index contributed by atoms with van der Waals surface area (Å²) < 4.78 is 0. The van der Waals surface area contributed by atoms with Gasteiger partial charge in [-0.1, -0.05) is 17.6 Å². The summed E-state index contributed by atoms with van der Waals surface area (Å²) in [5, 5.41) is 3.56. The minimum absolute atomic E-state index is 0.126. The zero-order valence-electron chi connectivity index (χ0n) is 6.81. The highest BCUT2D eigenvalue weighted by molar-refractivity contribution is 5.89. The van der Waals surface area contributed by atoms with Crippen LogP contribution in [0, 0.1) is 0 Å². The van der Waals surface area contributed by atoms with Crippen LogP contribution in [0.15, 0.2) is 17.3 Å². The van der Waals surface area contributed by atoms with E-state index in [0.29, 0.717) is 6.42 Å². The fraction of sp³-hybridized carbons (Fsp3) is 0.625. The predicted octanol–water partition coefficient (Wildman–Crippen LogP) is 2.36. The summed E-state index contributed by atoms with van der Waals surface area (Å²) in [6.45, 7) is 0. The molecular formula is C8H11N3O. The Morgan fingerprint density at radius 3 is 3.17 bits per heavy atom. The van der Waals surface area contributed by atoms with Crippen molar-refractivity contribution in [2.45, 2.75) is 31.7 Å². The van der Waals surface area contributed by atoms with Gasteiger partial charge in [0.15, 0.2) is 5.78 Å². The molecule has 64 valence electrons. The highest BCUT2D eigenvalue weighted by atomic mass is 16.1. The summed E-state index contributed by atoms with van der Waals surface area (Å²) >= 11 is 0. The van der Waals surface area contributed by atoms with Gasteiger partial charge in [-0.2, -0.15) is 0 Å². The molecule has 1 unspecified atom stereocenters. The molecular weight excluding hydrogens is 154 g/mol. The second-order valence-electron chi connectivity index (χ2n) is 2.84. The van der Waals surface area contributed by atoms with Crippen LogP contribution in [-0.2, 0) is 4.79 Å². The molecule has 0 saturated heterocycles. The maximum atomic E-state index is 11.0. The van der Waals surface area contributed by atoms with Gasteiger partial charge in [0.2, 0.25) is 0 Å². The summed E-state index contributed by atoms with van der Waals surface area (Å²) in [5.41, 5.74) is 8.19. The Kier molecular flexibility index (Phi) is 3.35. The standard InChI is InChI=1S/C8H11N3O/c9-11-10-7-3-1-2-4-8(12)6-5-7/h5-7H,1-4H2/b6-5-. The van der Waals surface area contributed by atoms with Crippen LogP contribution in [0.2, 0.25) is 0 Å². The highest BCUT2D eigenvalue weighted by Crippen LogP contribution is 2.12. The third-order valence-electron chi connectivity index (χ3n) is 1.88. The van der Waals surface area contributed by atoms with Gasteiger partial charge in [-0.25, -0.2) is 0 Å². The minimum Gasteiger partial charge on any atom is -0.295 e. The molecule has 0 N–H and O–H groups in total. The average Bonchev–Trinajstić information content (AvgIpc) is 2.04. The van der Waals surface area contributed by atoms with E-state index in [9.17, 15) is 4.79 Å².